The molecule has 0 aromatic heterocycles. The number of amides is 1. The molecule has 22 heavy (non-hydrogen) atoms. The number of carbonyl (C=O) groups excluding carboxylic acids is 1. The van der Waals surface area contributed by atoms with E-state index in [4.69, 9.17) is 0 Å². The molecule has 0 fully saturated rings. The van der Waals surface area contributed by atoms with Gasteiger partial charge >= 0.3 is 0 Å². The zero-order valence-electron chi connectivity index (χ0n) is 13.6. The quantitative estimate of drug-likeness (QED) is 0.829. The van der Waals surface area contributed by atoms with E-state index in [0.29, 0.717) is 6.54 Å². The molecule has 3 heteroatoms. The molecule has 0 aliphatic rings. The Morgan fingerprint density at radius 1 is 1.09 bits per heavy atom. The van der Waals surface area contributed by atoms with Gasteiger partial charge in [-0.15, -0.1) is 11.8 Å². The highest BCUT2D eigenvalue weighted by Crippen LogP contribution is 2.30. The first-order valence-corrected chi connectivity index (χ1v) is 8.41. The lowest BCUT2D eigenvalue weighted by molar-refractivity contribution is -0.120. The van der Waals surface area contributed by atoms with Crippen LogP contribution in [0, 0.1) is 20.8 Å². The highest BCUT2D eigenvalue weighted by atomic mass is 32.2. The van der Waals surface area contributed by atoms with Gasteiger partial charge in [0.25, 0.3) is 0 Å². The summed E-state index contributed by atoms with van der Waals surface area (Å²) < 4.78 is 0. The Kier molecular flexibility index (Phi) is 5.67. The van der Waals surface area contributed by atoms with Crippen LogP contribution in [0.2, 0.25) is 0 Å². The first-order valence-electron chi connectivity index (χ1n) is 7.53. The average Bonchev–Trinajstić information content (AvgIpc) is 2.49. The van der Waals surface area contributed by atoms with Crippen LogP contribution >= 0.6 is 11.8 Å². The monoisotopic (exact) mass is 313 g/mol. The van der Waals surface area contributed by atoms with Gasteiger partial charge in [-0.1, -0.05) is 48.0 Å². The Labute approximate surface area is 137 Å². The predicted octanol–water partition coefficient (Wildman–Crippen LogP) is 4.41. The first kappa shape index (κ1) is 16.6. The van der Waals surface area contributed by atoms with Crippen molar-refractivity contribution < 1.29 is 4.79 Å². The molecule has 0 saturated carbocycles. The Balaban J connectivity index is 1.97. The third-order valence-corrected chi connectivity index (χ3v) is 5.03. The maximum atomic E-state index is 12.3. The van der Waals surface area contributed by atoms with Crippen molar-refractivity contribution in [3.63, 3.8) is 0 Å². The number of thioether (sulfide) groups is 1. The first-order chi connectivity index (χ1) is 10.5. The number of nitrogens with one attached hydrogen (secondary N) is 1. The normalized spacial score (nSPS) is 12.0. The van der Waals surface area contributed by atoms with E-state index in [0.717, 1.165) is 5.56 Å². The van der Waals surface area contributed by atoms with Crippen LogP contribution < -0.4 is 5.32 Å². The molecule has 1 N–H and O–H groups in total. The van der Waals surface area contributed by atoms with Crippen molar-refractivity contribution in [3.05, 3.63) is 64.7 Å². The van der Waals surface area contributed by atoms with Crippen LogP contribution in [0.3, 0.4) is 0 Å². The number of benzene rings is 2. The molecule has 0 bridgehead atoms. The molecule has 0 spiro atoms. The summed E-state index contributed by atoms with van der Waals surface area (Å²) in [6.45, 7) is 8.86. The molecule has 2 rings (SSSR count). The lowest BCUT2D eigenvalue weighted by Gasteiger charge is -2.16. The summed E-state index contributed by atoms with van der Waals surface area (Å²) in [5.74, 6) is 0.0771. The van der Waals surface area contributed by atoms with Crippen LogP contribution in [-0.4, -0.2) is 11.2 Å². The van der Waals surface area contributed by atoms with E-state index in [1.165, 1.54) is 21.6 Å². The Morgan fingerprint density at radius 3 is 2.27 bits per heavy atom. The summed E-state index contributed by atoms with van der Waals surface area (Å²) in [6, 6.07) is 14.3. The van der Waals surface area contributed by atoms with Gasteiger partial charge in [0.15, 0.2) is 0 Å². The van der Waals surface area contributed by atoms with E-state index in [-0.39, 0.29) is 11.2 Å². The maximum Gasteiger partial charge on any atom is 0.233 e. The number of carbonyl (C=O) groups is 1. The third-order valence-electron chi connectivity index (χ3n) is 3.58. The fourth-order valence-corrected chi connectivity index (χ4v) is 3.55. The minimum atomic E-state index is -0.108. The predicted molar refractivity (Wildman–Crippen MR) is 94.3 cm³/mol. The molecule has 1 amide bonds. The Bertz CT molecular complexity index is 629. The fourth-order valence-electron chi connectivity index (χ4n) is 2.51. The number of hydrogen-bond acceptors (Lipinski definition) is 2. The Morgan fingerprint density at radius 2 is 1.68 bits per heavy atom. The van der Waals surface area contributed by atoms with Gasteiger partial charge in [-0.2, -0.15) is 0 Å². The van der Waals surface area contributed by atoms with Crippen molar-refractivity contribution in [3.8, 4) is 0 Å². The van der Waals surface area contributed by atoms with E-state index >= 15 is 0 Å². The van der Waals surface area contributed by atoms with Crippen molar-refractivity contribution >= 4 is 17.7 Å². The zero-order valence-corrected chi connectivity index (χ0v) is 14.5. The van der Waals surface area contributed by atoms with Gasteiger partial charge in [-0.3, -0.25) is 4.79 Å². The molecule has 0 saturated heterocycles. The highest BCUT2D eigenvalue weighted by Gasteiger charge is 2.16. The topological polar surface area (TPSA) is 29.1 Å². The van der Waals surface area contributed by atoms with Crippen LogP contribution in [0.4, 0.5) is 0 Å². The van der Waals surface area contributed by atoms with E-state index < -0.39 is 0 Å². The summed E-state index contributed by atoms with van der Waals surface area (Å²) >= 11 is 1.64. The van der Waals surface area contributed by atoms with Crippen molar-refractivity contribution in [1.29, 1.82) is 0 Å². The van der Waals surface area contributed by atoms with Crippen LogP contribution in [0.5, 0.6) is 0 Å². The zero-order chi connectivity index (χ0) is 16.1. The summed E-state index contributed by atoms with van der Waals surface area (Å²) in [6.07, 6.45) is 0. The van der Waals surface area contributed by atoms with E-state index in [2.05, 4.69) is 38.2 Å². The number of aryl methyl sites for hydroxylation is 3. The molecular weight excluding hydrogens is 290 g/mol. The van der Waals surface area contributed by atoms with Crippen LogP contribution in [0.25, 0.3) is 0 Å². The maximum absolute atomic E-state index is 12.3. The molecule has 0 aliphatic heterocycles. The van der Waals surface area contributed by atoms with Crippen LogP contribution in [-0.2, 0) is 11.3 Å². The smallest absolute Gasteiger partial charge is 0.233 e. The standard InChI is InChI=1S/C19H23NOS/c1-13-10-14(2)18(15(3)11-13)22-16(4)19(21)20-12-17-8-6-5-7-9-17/h5-11,16H,12H2,1-4H3,(H,20,21)/t16-/m0/s1. The summed E-state index contributed by atoms with van der Waals surface area (Å²) in [5.41, 5.74) is 4.87. The largest absolute Gasteiger partial charge is 0.351 e. The Hall–Kier alpha value is -1.74. The van der Waals surface area contributed by atoms with Gasteiger partial charge in [0.2, 0.25) is 5.91 Å². The summed E-state index contributed by atoms with van der Waals surface area (Å²) in [7, 11) is 0. The minimum absolute atomic E-state index is 0.0771. The van der Waals surface area contributed by atoms with Crippen molar-refractivity contribution in [2.45, 2.75) is 44.4 Å². The molecule has 1 atom stereocenters. The minimum Gasteiger partial charge on any atom is -0.351 e. The molecule has 2 aromatic carbocycles. The lowest BCUT2D eigenvalue weighted by atomic mass is 10.1. The van der Waals surface area contributed by atoms with Gasteiger partial charge in [0.05, 0.1) is 5.25 Å². The number of hydrogen-bond donors (Lipinski definition) is 1. The molecule has 0 aliphatic carbocycles. The van der Waals surface area contributed by atoms with E-state index in [9.17, 15) is 4.79 Å². The second-order valence-corrected chi connectivity index (χ2v) is 7.04. The SMILES string of the molecule is Cc1cc(C)c(S[C@@H](C)C(=O)NCc2ccccc2)c(C)c1. The lowest BCUT2D eigenvalue weighted by Crippen LogP contribution is -2.30. The molecule has 0 heterocycles. The molecule has 0 radical (unpaired) electrons. The highest BCUT2D eigenvalue weighted by molar-refractivity contribution is 8.00. The molecule has 0 unspecified atom stereocenters. The third kappa shape index (κ3) is 4.38. The van der Waals surface area contributed by atoms with Gasteiger partial charge in [0, 0.05) is 11.4 Å². The summed E-state index contributed by atoms with van der Waals surface area (Å²) in [4.78, 5) is 13.5. The van der Waals surface area contributed by atoms with Crippen LogP contribution in [0.1, 0.15) is 29.2 Å². The van der Waals surface area contributed by atoms with Crippen molar-refractivity contribution in [1.82, 2.24) is 5.32 Å². The van der Waals surface area contributed by atoms with E-state index in [1.54, 1.807) is 11.8 Å². The second kappa shape index (κ2) is 7.50. The van der Waals surface area contributed by atoms with Gasteiger partial charge in [-0.25, -0.2) is 0 Å². The molecule has 116 valence electrons. The van der Waals surface area contributed by atoms with Gasteiger partial charge in [-0.05, 0) is 44.4 Å². The molecule has 2 aromatic rings. The van der Waals surface area contributed by atoms with E-state index in [1.807, 2.05) is 37.3 Å². The number of rotatable bonds is 5. The summed E-state index contributed by atoms with van der Waals surface area (Å²) in [5, 5.41) is 2.90. The molecule has 2 nitrogen and oxygen atoms in total. The average molecular weight is 313 g/mol. The van der Waals surface area contributed by atoms with Crippen LogP contribution in [0.15, 0.2) is 47.4 Å². The van der Waals surface area contributed by atoms with Crippen molar-refractivity contribution in [2.24, 2.45) is 0 Å². The van der Waals surface area contributed by atoms with Crippen molar-refractivity contribution in [2.75, 3.05) is 0 Å². The molecular formula is C19H23NOS. The second-order valence-electron chi connectivity index (χ2n) is 5.69. The van der Waals surface area contributed by atoms with Gasteiger partial charge < -0.3 is 5.32 Å². The van der Waals surface area contributed by atoms with Gasteiger partial charge in [0.1, 0.15) is 0 Å². The fraction of sp³-hybridized carbons (Fsp3) is 0.316.